The molecule has 1 fully saturated rings. The van der Waals surface area contributed by atoms with Gasteiger partial charge in [-0.3, -0.25) is 0 Å². The van der Waals surface area contributed by atoms with Crippen LogP contribution in [0.5, 0.6) is 0 Å². The van der Waals surface area contributed by atoms with E-state index >= 15 is 0 Å². The minimum Gasteiger partial charge on any atom is -0.341 e. The number of H-pyrrole nitrogens is 1. The Bertz CT molecular complexity index is 571. The zero-order valence-electron chi connectivity index (χ0n) is 11.2. The number of benzene rings is 1. The zero-order chi connectivity index (χ0) is 13.5. The quantitative estimate of drug-likeness (QED) is 0.881. The average molecular weight is 320 g/mol. The Morgan fingerprint density at radius 2 is 2.00 bits per heavy atom. The summed E-state index contributed by atoms with van der Waals surface area (Å²) in [6.45, 7) is 5.63. The van der Waals surface area contributed by atoms with Crippen molar-refractivity contribution in [1.29, 1.82) is 0 Å². The van der Waals surface area contributed by atoms with E-state index in [0.717, 1.165) is 29.0 Å². The molecule has 4 heteroatoms. The van der Waals surface area contributed by atoms with Crippen molar-refractivity contribution < 1.29 is 0 Å². The van der Waals surface area contributed by atoms with Gasteiger partial charge in [0, 0.05) is 11.0 Å². The Balaban J connectivity index is 1.82. The van der Waals surface area contributed by atoms with Crippen molar-refractivity contribution in [3.05, 3.63) is 40.8 Å². The lowest BCUT2D eigenvalue weighted by molar-refractivity contribution is 0.401. The van der Waals surface area contributed by atoms with Crippen LogP contribution in [-0.2, 0) is 0 Å². The molecule has 0 amide bonds. The van der Waals surface area contributed by atoms with E-state index in [0.29, 0.717) is 11.5 Å². The van der Waals surface area contributed by atoms with E-state index in [4.69, 9.17) is 0 Å². The highest BCUT2D eigenvalue weighted by Crippen LogP contribution is 2.35. The van der Waals surface area contributed by atoms with Gasteiger partial charge in [-0.1, -0.05) is 41.9 Å². The Morgan fingerprint density at radius 3 is 2.63 bits per heavy atom. The van der Waals surface area contributed by atoms with Gasteiger partial charge >= 0.3 is 0 Å². The normalized spacial score (nSPS) is 21.7. The monoisotopic (exact) mass is 319 g/mol. The highest BCUT2D eigenvalue weighted by atomic mass is 79.9. The summed E-state index contributed by atoms with van der Waals surface area (Å²) in [5.41, 5.74) is 2.60. The van der Waals surface area contributed by atoms with E-state index in [1.54, 1.807) is 0 Å². The Morgan fingerprint density at radius 1 is 1.26 bits per heavy atom. The van der Waals surface area contributed by atoms with E-state index in [1.807, 2.05) is 18.3 Å². The number of rotatable bonds is 2. The van der Waals surface area contributed by atoms with Crippen LogP contribution < -0.4 is 5.32 Å². The molecular weight excluding hydrogens is 302 g/mol. The van der Waals surface area contributed by atoms with Crippen molar-refractivity contribution in [3.8, 4) is 11.3 Å². The average Bonchev–Trinajstić information content (AvgIpc) is 2.96. The number of aromatic nitrogens is 2. The van der Waals surface area contributed by atoms with Crippen molar-refractivity contribution in [2.75, 3.05) is 6.54 Å². The van der Waals surface area contributed by atoms with Crippen LogP contribution in [-0.4, -0.2) is 16.5 Å². The zero-order valence-corrected chi connectivity index (χ0v) is 12.8. The Hall–Kier alpha value is -1.13. The van der Waals surface area contributed by atoms with E-state index in [9.17, 15) is 0 Å². The van der Waals surface area contributed by atoms with Crippen LogP contribution in [0.25, 0.3) is 11.3 Å². The van der Waals surface area contributed by atoms with E-state index in [-0.39, 0.29) is 0 Å². The maximum Gasteiger partial charge on any atom is 0.123 e. The molecule has 1 aliphatic heterocycles. The second-order valence-electron chi connectivity index (χ2n) is 5.99. The van der Waals surface area contributed by atoms with E-state index in [1.165, 1.54) is 5.56 Å². The smallest absolute Gasteiger partial charge is 0.123 e. The maximum absolute atomic E-state index is 4.53. The lowest BCUT2D eigenvalue weighted by atomic mass is 9.90. The van der Waals surface area contributed by atoms with Gasteiger partial charge in [-0.15, -0.1) is 0 Å². The van der Waals surface area contributed by atoms with Gasteiger partial charge < -0.3 is 10.3 Å². The lowest BCUT2D eigenvalue weighted by Crippen LogP contribution is -2.17. The number of hydrogen-bond acceptors (Lipinski definition) is 2. The van der Waals surface area contributed by atoms with Crippen LogP contribution in [0.4, 0.5) is 0 Å². The molecule has 1 atom stereocenters. The summed E-state index contributed by atoms with van der Waals surface area (Å²) < 4.78 is 1.09. The highest BCUT2D eigenvalue weighted by Gasteiger charge is 2.32. The van der Waals surface area contributed by atoms with Crippen LogP contribution in [0.1, 0.15) is 32.1 Å². The van der Waals surface area contributed by atoms with Gasteiger partial charge in [-0.2, -0.15) is 0 Å². The molecule has 2 N–H and O–H groups in total. The summed E-state index contributed by atoms with van der Waals surface area (Å²) >= 11 is 3.45. The summed E-state index contributed by atoms with van der Waals surface area (Å²) in [7, 11) is 0. The molecule has 1 aromatic carbocycles. The standard InChI is InChI=1S/C15H18BrN3/c1-15(2)7-12(18-9-15)14-17-8-13(19-14)10-3-5-11(16)6-4-10/h3-6,8,12,18H,7,9H2,1-2H3,(H,17,19). The first-order chi connectivity index (χ1) is 9.03. The second kappa shape index (κ2) is 4.76. The summed E-state index contributed by atoms with van der Waals surface area (Å²) in [5, 5.41) is 3.54. The minimum absolute atomic E-state index is 0.346. The summed E-state index contributed by atoms with van der Waals surface area (Å²) in [6.07, 6.45) is 3.05. The summed E-state index contributed by atoms with van der Waals surface area (Å²) in [5.74, 6) is 1.04. The number of imidazole rings is 1. The molecule has 1 aliphatic rings. The third-order valence-electron chi connectivity index (χ3n) is 3.66. The topological polar surface area (TPSA) is 40.7 Å². The third-order valence-corrected chi connectivity index (χ3v) is 4.19. The first-order valence-corrected chi connectivity index (χ1v) is 7.37. The lowest BCUT2D eigenvalue weighted by Gasteiger charge is -2.14. The number of halogens is 1. The number of nitrogens with one attached hydrogen (secondary N) is 2. The van der Waals surface area contributed by atoms with Crippen LogP contribution in [0.2, 0.25) is 0 Å². The molecular formula is C15H18BrN3. The largest absolute Gasteiger partial charge is 0.341 e. The molecule has 1 saturated heterocycles. The Labute approximate surface area is 122 Å². The molecule has 0 spiro atoms. The first kappa shape index (κ1) is 12.9. The van der Waals surface area contributed by atoms with Gasteiger partial charge in [0.15, 0.2) is 0 Å². The summed E-state index contributed by atoms with van der Waals surface area (Å²) in [6, 6.07) is 8.62. The number of aromatic amines is 1. The number of hydrogen-bond donors (Lipinski definition) is 2. The molecule has 2 heterocycles. The Kier molecular flexibility index (Phi) is 3.23. The molecule has 100 valence electrons. The fourth-order valence-corrected chi connectivity index (χ4v) is 2.84. The van der Waals surface area contributed by atoms with Gasteiger partial charge in [-0.25, -0.2) is 4.98 Å². The molecule has 1 unspecified atom stereocenters. The highest BCUT2D eigenvalue weighted by molar-refractivity contribution is 9.10. The molecule has 1 aromatic heterocycles. The van der Waals surface area contributed by atoms with Crippen LogP contribution >= 0.6 is 15.9 Å². The summed E-state index contributed by atoms with van der Waals surface area (Å²) in [4.78, 5) is 7.97. The molecule has 0 aliphatic carbocycles. The van der Waals surface area contributed by atoms with Crippen molar-refractivity contribution in [1.82, 2.24) is 15.3 Å². The van der Waals surface area contributed by atoms with Crippen LogP contribution in [0.15, 0.2) is 34.9 Å². The minimum atomic E-state index is 0.346. The predicted octanol–water partition coefficient (Wildman–Crippen LogP) is 3.90. The molecule has 0 saturated carbocycles. The molecule has 3 rings (SSSR count). The second-order valence-corrected chi connectivity index (χ2v) is 6.91. The first-order valence-electron chi connectivity index (χ1n) is 6.58. The predicted molar refractivity (Wildman–Crippen MR) is 80.9 cm³/mol. The van der Waals surface area contributed by atoms with Crippen molar-refractivity contribution in [2.24, 2.45) is 5.41 Å². The maximum atomic E-state index is 4.53. The SMILES string of the molecule is CC1(C)CNC(c2ncc(-c3ccc(Br)cc3)[nH]2)C1. The van der Waals surface area contributed by atoms with Crippen molar-refractivity contribution in [2.45, 2.75) is 26.3 Å². The molecule has 0 radical (unpaired) electrons. The van der Waals surface area contributed by atoms with Crippen LogP contribution in [0, 0.1) is 5.41 Å². The number of nitrogens with zero attached hydrogens (tertiary/aromatic N) is 1. The van der Waals surface area contributed by atoms with Gasteiger partial charge in [-0.05, 0) is 29.5 Å². The van der Waals surface area contributed by atoms with Gasteiger partial charge in [0.25, 0.3) is 0 Å². The molecule has 0 bridgehead atoms. The van der Waals surface area contributed by atoms with E-state index < -0.39 is 0 Å². The van der Waals surface area contributed by atoms with E-state index in [2.05, 4.69) is 57.2 Å². The third kappa shape index (κ3) is 2.74. The van der Waals surface area contributed by atoms with Gasteiger partial charge in [0.1, 0.15) is 5.82 Å². The fourth-order valence-electron chi connectivity index (χ4n) is 2.58. The van der Waals surface area contributed by atoms with Crippen molar-refractivity contribution in [3.63, 3.8) is 0 Å². The van der Waals surface area contributed by atoms with Crippen LogP contribution in [0.3, 0.4) is 0 Å². The molecule has 2 aromatic rings. The van der Waals surface area contributed by atoms with Gasteiger partial charge in [0.05, 0.1) is 17.9 Å². The fraction of sp³-hybridized carbons (Fsp3) is 0.400. The van der Waals surface area contributed by atoms with Gasteiger partial charge in [0.2, 0.25) is 0 Å². The molecule has 19 heavy (non-hydrogen) atoms. The molecule has 3 nitrogen and oxygen atoms in total. The van der Waals surface area contributed by atoms with Crippen molar-refractivity contribution >= 4 is 15.9 Å².